The van der Waals surface area contributed by atoms with Gasteiger partial charge in [-0.15, -0.1) is 0 Å². The molecule has 1 aromatic carbocycles. The number of ether oxygens (including phenoxy) is 1. The van der Waals surface area contributed by atoms with Crippen molar-refractivity contribution < 1.29 is 4.74 Å². The lowest BCUT2D eigenvalue weighted by atomic mass is 10.3. The molecule has 0 amide bonds. The van der Waals surface area contributed by atoms with E-state index in [2.05, 4.69) is 16.2 Å². The molecule has 88 valence electrons. The number of benzene rings is 1. The number of hydrazine groups is 2. The van der Waals surface area contributed by atoms with E-state index in [9.17, 15) is 0 Å². The number of hydrogen-bond donors (Lipinski definition) is 3. The third-order valence-electron chi connectivity index (χ3n) is 1.82. The summed E-state index contributed by atoms with van der Waals surface area (Å²) in [7, 11) is 0. The average molecular weight is 284 g/mol. The normalized spacial score (nSPS) is 26.7. The van der Waals surface area contributed by atoms with E-state index >= 15 is 0 Å². The molecule has 8 heteroatoms. The molecule has 1 aliphatic rings. The molecular weight excluding hydrogens is 274 g/mol. The maximum Gasteiger partial charge on any atom is 0.223 e. The molecule has 5 nitrogen and oxygen atoms in total. The standard InChI is InChI=1S/C8H9Cl3N4O/c9-5-1-3-6(4-2-5)16-8-12-7(10)13-15(11)14-8/h1-4,7-8,12-14H. The van der Waals surface area contributed by atoms with Crippen molar-refractivity contribution in [2.45, 2.75) is 12.0 Å². The number of halogens is 3. The second-order valence-electron chi connectivity index (χ2n) is 3.02. The molecule has 0 spiro atoms. The van der Waals surface area contributed by atoms with Gasteiger partial charge in [-0.05, 0) is 24.3 Å². The van der Waals surface area contributed by atoms with Gasteiger partial charge in [-0.3, -0.25) is 0 Å². The smallest absolute Gasteiger partial charge is 0.223 e. The average Bonchev–Trinajstić information content (AvgIpc) is 2.20. The zero-order valence-electron chi connectivity index (χ0n) is 7.95. The predicted octanol–water partition coefficient (Wildman–Crippen LogP) is 1.59. The van der Waals surface area contributed by atoms with Gasteiger partial charge in [0.2, 0.25) is 6.35 Å². The highest BCUT2D eigenvalue weighted by molar-refractivity contribution is 6.30. The zero-order valence-corrected chi connectivity index (χ0v) is 10.2. The lowest BCUT2D eigenvalue weighted by Gasteiger charge is -2.33. The first-order valence-electron chi connectivity index (χ1n) is 4.44. The molecule has 16 heavy (non-hydrogen) atoms. The third kappa shape index (κ3) is 3.36. The summed E-state index contributed by atoms with van der Waals surface area (Å²) in [6, 6.07) is 6.95. The van der Waals surface area contributed by atoms with E-state index in [1.165, 1.54) is 0 Å². The topological polar surface area (TPSA) is 48.6 Å². The molecule has 0 aromatic heterocycles. The summed E-state index contributed by atoms with van der Waals surface area (Å²) < 4.78 is 6.63. The van der Waals surface area contributed by atoms with Crippen LogP contribution in [0.4, 0.5) is 0 Å². The Kier molecular flexibility index (Phi) is 4.10. The number of nitrogens with one attached hydrogen (secondary N) is 3. The van der Waals surface area contributed by atoms with E-state index in [1.54, 1.807) is 24.3 Å². The second-order valence-corrected chi connectivity index (χ2v) is 4.23. The first kappa shape index (κ1) is 12.2. The van der Waals surface area contributed by atoms with Crippen LogP contribution in [0.2, 0.25) is 5.02 Å². The molecular formula is C8H9Cl3N4O. The van der Waals surface area contributed by atoms with Gasteiger partial charge < -0.3 is 4.74 Å². The first-order valence-corrected chi connectivity index (χ1v) is 5.59. The molecule has 1 aliphatic heterocycles. The summed E-state index contributed by atoms with van der Waals surface area (Å²) in [6.45, 7) is 0. The van der Waals surface area contributed by atoms with E-state index in [-0.39, 0.29) is 0 Å². The highest BCUT2D eigenvalue weighted by atomic mass is 35.5. The molecule has 1 fully saturated rings. The number of rotatable bonds is 2. The maximum atomic E-state index is 5.81. The highest BCUT2D eigenvalue weighted by Crippen LogP contribution is 2.16. The lowest BCUT2D eigenvalue weighted by Crippen LogP contribution is -2.67. The van der Waals surface area contributed by atoms with Crippen LogP contribution in [0.1, 0.15) is 0 Å². The van der Waals surface area contributed by atoms with Gasteiger partial charge in [0, 0.05) is 16.8 Å². The Labute approximate surface area is 108 Å². The molecule has 0 aliphatic carbocycles. The summed E-state index contributed by atoms with van der Waals surface area (Å²) in [5, 5.41) is 3.52. The van der Waals surface area contributed by atoms with Gasteiger partial charge in [-0.25, -0.2) is 5.32 Å². The van der Waals surface area contributed by atoms with Crippen LogP contribution >= 0.6 is 35.0 Å². The van der Waals surface area contributed by atoms with Crippen LogP contribution in [0.5, 0.6) is 5.75 Å². The molecule has 2 unspecified atom stereocenters. The Hall–Kier alpha value is -0.270. The Balaban J connectivity index is 1.96. The number of alkyl halides is 1. The first-order chi connectivity index (χ1) is 7.63. The lowest BCUT2D eigenvalue weighted by molar-refractivity contribution is 0.000632. The van der Waals surface area contributed by atoms with Gasteiger partial charge in [0.05, 0.1) is 0 Å². The number of hydrogen-bond acceptors (Lipinski definition) is 5. The van der Waals surface area contributed by atoms with E-state index in [0.717, 1.165) is 4.64 Å². The minimum Gasteiger partial charge on any atom is -0.461 e. The molecule has 1 aromatic rings. The van der Waals surface area contributed by atoms with Crippen LogP contribution < -0.4 is 20.9 Å². The van der Waals surface area contributed by atoms with Crippen molar-refractivity contribution in [2.24, 2.45) is 0 Å². The van der Waals surface area contributed by atoms with Crippen LogP contribution in [-0.4, -0.2) is 16.6 Å². The maximum absolute atomic E-state index is 5.81. The molecule has 0 saturated carbocycles. The van der Waals surface area contributed by atoms with E-state index in [0.29, 0.717) is 10.8 Å². The summed E-state index contributed by atoms with van der Waals surface area (Å²) in [4.78, 5) is 0. The monoisotopic (exact) mass is 282 g/mol. The van der Waals surface area contributed by atoms with Crippen molar-refractivity contribution in [1.82, 2.24) is 20.8 Å². The van der Waals surface area contributed by atoms with Gasteiger partial charge in [-0.1, -0.05) is 27.8 Å². The van der Waals surface area contributed by atoms with Crippen LogP contribution in [-0.2, 0) is 0 Å². The molecule has 2 atom stereocenters. The summed E-state index contributed by atoms with van der Waals surface area (Å²) in [5.41, 5.74) is 4.87. The quantitative estimate of drug-likeness (QED) is 0.437. The third-order valence-corrected chi connectivity index (χ3v) is 2.49. The summed E-state index contributed by atoms with van der Waals surface area (Å²) in [6.07, 6.45) is -0.526. The van der Waals surface area contributed by atoms with Crippen molar-refractivity contribution in [3.8, 4) is 5.75 Å². The van der Waals surface area contributed by atoms with E-state index in [1.807, 2.05) is 0 Å². The molecule has 1 saturated heterocycles. The summed E-state index contributed by atoms with van der Waals surface area (Å²) >= 11 is 17.2. The van der Waals surface area contributed by atoms with Crippen molar-refractivity contribution in [3.63, 3.8) is 0 Å². The van der Waals surface area contributed by atoms with Crippen LogP contribution in [0, 0.1) is 0 Å². The van der Waals surface area contributed by atoms with Crippen LogP contribution in [0.3, 0.4) is 0 Å². The second kappa shape index (κ2) is 5.37. The highest BCUT2D eigenvalue weighted by Gasteiger charge is 2.23. The molecule has 0 bridgehead atoms. The Morgan fingerprint density at radius 1 is 1.19 bits per heavy atom. The fraction of sp³-hybridized carbons (Fsp3) is 0.250. The van der Waals surface area contributed by atoms with E-state index in [4.69, 9.17) is 39.7 Å². The predicted molar refractivity (Wildman–Crippen MR) is 62.6 cm³/mol. The Morgan fingerprint density at radius 2 is 1.88 bits per heavy atom. The number of nitrogens with zero attached hydrogens (tertiary/aromatic N) is 1. The zero-order chi connectivity index (χ0) is 11.5. The van der Waals surface area contributed by atoms with Gasteiger partial charge in [-0.2, -0.15) is 10.9 Å². The van der Waals surface area contributed by atoms with Gasteiger partial charge in [0.15, 0.2) is 5.62 Å². The fourth-order valence-electron chi connectivity index (χ4n) is 1.16. The largest absolute Gasteiger partial charge is 0.461 e. The summed E-state index contributed by atoms with van der Waals surface area (Å²) in [5.74, 6) is 0.644. The molecule has 1 heterocycles. The van der Waals surface area contributed by atoms with Gasteiger partial charge in [0.25, 0.3) is 0 Å². The van der Waals surface area contributed by atoms with Gasteiger partial charge >= 0.3 is 0 Å². The molecule has 3 N–H and O–H groups in total. The van der Waals surface area contributed by atoms with Crippen molar-refractivity contribution in [1.29, 1.82) is 0 Å². The van der Waals surface area contributed by atoms with Crippen molar-refractivity contribution >= 4 is 35.0 Å². The molecule has 0 radical (unpaired) electrons. The van der Waals surface area contributed by atoms with Crippen molar-refractivity contribution in [3.05, 3.63) is 29.3 Å². The van der Waals surface area contributed by atoms with E-state index < -0.39 is 12.0 Å². The van der Waals surface area contributed by atoms with Crippen molar-refractivity contribution in [2.75, 3.05) is 0 Å². The minimum absolute atomic E-state index is 0.518. The molecule has 2 rings (SSSR count). The Bertz CT molecular complexity index is 340. The van der Waals surface area contributed by atoms with Crippen LogP contribution in [0.15, 0.2) is 24.3 Å². The minimum atomic E-state index is -0.526. The Morgan fingerprint density at radius 3 is 2.50 bits per heavy atom. The fourth-order valence-corrected chi connectivity index (χ4v) is 1.73. The van der Waals surface area contributed by atoms with Crippen LogP contribution in [0.25, 0.3) is 0 Å². The van der Waals surface area contributed by atoms with Gasteiger partial charge in [0.1, 0.15) is 5.75 Å². The SMILES string of the molecule is Clc1ccc(OC2NC(Cl)NN(Cl)N2)cc1.